The second-order valence-corrected chi connectivity index (χ2v) is 33.2. The second kappa shape index (κ2) is 15.3. The van der Waals surface area contributed by atoms with E-state index in [2.05, 4.69) is 72.1 Å². The van der Waals surface area contributed by atoms with Gasteiger partial charge in [0.15, 0.2) is 0 Å². The molecule has 0 bridgehead atoms. The second-order valence-electron chi connectivity index (χ2n) is 7.50. The van der Waals surface area contributed by atoms with Crippen molar-refractivity contribution >= 4 is 35.9 Å². The van der Waals surface area contributed by atoms with Crippen molar-refractivity contribution in [3.05, 3.63) is 0 Å². The Bertz CT molecular complexity index is 220. The molecule has 22 heavy (non-hydrogen) atoms. The zero-order valence-corrected chi connectivity index (χ0v) is 23.7. The molecule has 0 aromatic rings. The van der Waals surface area contributed by atoms with E-state index in [1.807, 2.05) is 0 Å². The van der Waals surface area contributed by atoms with Crippen LogP contribution in [-0.2, 0) is 0 Å². The summed E-state index contributed by atoms with van der Waals surface area (Å²) in [5.74, 6) is 0. The summed E-state index contributed by atoms with van der Waals surface area (Å²) in [6, 6.07) is 4.51. The van der Waals surface area contributed by atoms with Crippen LogP contribution in [0.25, 0.3) is 0 Å². The first-order valence-electron chi connectivity index (χ1n) is 9.70. The highest BCUT2D eigenvalue weighted by Crippen LogP contribution is 2.05. The Morgan fingerprint density at radius 1 is 0.773 bits per heavy atom. The molecule has 0 saturated carbocycles. The predicted octanol–water partition coefficient (Wildman–Crippen LogP) is 0.265. The fourth-order valence-electron chi connectivity index (χ4n) is 3.16. The van der Waals surface area contributed by atoms with Crippen LogP contribution < -0.4 is 0 Å². The zero-order valence-electron chi connectivity index (χ0n) is 17.4. The monoisotopic (exact) mass is 378 g/mol. The lowest BCUT2D eigenvalue weighted by atomic mass is 10.2. The Labute approximate surface area is 151 Å². The Morgan fingerprint density at radius 2 is 1.18 bits per heavy atom. The minimum absolute atomic E-state index is 0.498. The molecule has 0 rings (SSSR count). The van der Waals surface area contributed by atoms with Gasteiger partial charge in [0.05, 0.1) is 0 Å². The van der Waals surface area contributed by atoms with E-state index < -0.39 is 0 Å². The first kappa shape index (κ1) is 25.0. The van der Waals surface area contributed by atoms with Gasteiger partial charge in [-0.1, -0.05) is 13.0 Å². The molecule has 0 amide bonds. The van der Waals surface area contributed by atoms with Gasteiger partial charge >= 0.3 is 0 Å². The molecular weight excluding hydrogens is 333 g/mol. The Balaban J connectivity index is 0. The van der Waals surface area contributed by atoms with Crippen molar-refractivity contribution in [1.82, 2.24) is 9.80 Å². The van der Waals surface area contributed by atoms with Crippen molar-refractivity contribution < 1.29 is 0 Å². The van der Waals surface area contributed by atoms with Gasteiger partial charge < -0.3 is 0 Å². The Morgan fingerprint density at radius 3 is 1.41 bits per heavy atom. The van der Waals surface area contributed by atoms with E-state index in [0.717, 1.165) is 18.6 Å². The molecular formula is C16H46N2Si4. The molecule has 0 spiro atoms. The molecule has 0 aliphatic carbocycles. The quantitative estimate of drug-likeness (QED) is 0.397. The highest BCUT2D eigenvalue weighted by Gasteiger charge is 2.11. The van der Waals surface area contributed by atoms with Crippen molar-refractivity contribution in [3.63, 3.8) is 0 Å². The minimum Gasteiger partial charge on any atom is -0.299 e. The molecule has 0 N–H and O–H groups in total. The third-order valence-electron chi connectivity index (χ3n) is 4.29. The summed E-state index contributed by atoms with van der Waals surface area (Å²) in [5, 5.41) is 0. The Kier molecular flexibility index (Phi) is 17.4. The molecule has 0 aromatic heterocycles. The highest BCUT2D eigenvalue weighted by atomic mass is 29.7. The molecule has 0 atom stereocenters. The summed E-state index contributed by atoms with van der Waals surface area (Å²) in [7, 11) is 3.41. The summed E-state index contributed by atoms with van der Waals surface area (Å²) in [4.78, 5) is 5.12. The summed E-state index contributed by atoms with van der Waals surface area (Å²) in [6.45, 7) is 23.1. The molecule has 2 nitrogen and oxygen atoms in total. The van der Waals surface area contributed by atoms with E-state index in [9.17, 15) is 0 Å². The van der Waals surface area contributed by atoms with Crippen LogP contribution in [0.4, 0.5) is 0 Å². The number of rotatable bonds is 10. The number of hydrogen-bond acceptors (Lipinski definition) is 2. The van der Waals surface area contributed by atoms with Gasteiger partial charge in [-0.05, 0) is 95.3 Å². The van der Waals surface area contributed by atoms with Gasteiger partial charge in [-0.3, -0.25) is 9.80 Å². The van der Waals surface area contributed by atoms with Crippen molar-refractivity contribution in [2.75, 3.05) is 13.1 Å². The van der Waals surface area contributed by atoms with Crippen LogP contribution in [0.15, 0.2) is 0 Å². The first-order valence-corrected chi connectivity index (χ1v) is 24.4. The summed E-state index contributed by atoms with van der Waals surface area (Å²) in [6.07, 6.45) is 0. The van der Waals surface area contributed by atoms with Crippen LogP contribution in [0.5, 0.6) is 0 Å². The zero-order chi connectivity index (χ0) is 17.7. The van der Waals surface area contributed by atoms with Crippen LogP contribution in [0.1, 0.15) is 62.3 Å². The third-order valence-corrected chi connectivity index (χ3v) is 41.4. The maximum atomic E-state index is 2.66. The molecule has 0 aliphatic heterocycles. The summed E-state index contributed by atoms with van der Waals surface area (Å²) in [5.41, 5.74) is 0. The topological polar surface area (TPSA) is 6.48 Å². The molecule has 136 valence electrons. The van der Waals surface area contributed by atoms with Gasteiger partial charge in [-0.2, -0.15) is 0 Å². The maximum Gasteiger partial charge on any atom is 0.00625 e. The first-order chi connectivity index (χ1) is 10.2. The molecule has 6 heteroatoms. The van der Waals surface area contributed by atoms with E-state index in [0.29, 0.717) is 38.2 Å². The lowest BCUT2D eigenvalue weighted by Gasteiger charge is -2.30. The average Bonchev–Trinajstić information content (AvgIpc) is 2.38. The fourth-order valence-corrected chi connectivity index (χ4v) is 29.0. The van der Waals surface area contributed by atoms with Crippen LogP contribution in [0.2, 0.25) is 6.04 Å². The SMILES string of the molecule is CC(C)N(CC[SiH2][SiH2][SiH2][SiH3])C(C)C.CCN(C(C)C)C(C)C. The van der Waals surface area contributed by atoms with Crippen LogP contribution in [-0.4, -0.2) is 83.0 Å². The largest absolute Gasteiger partial charge is 0.299 e. The highest BCUT2D eigenvalue weighted by molar-refractivity contribution is 7.41. The van der Waals surface area contributed by atoms with Crippen LogP contribution in [0, 0.1) is 0 Å². The van der Waals surface area contributed by atoms with Gasteiger partial charge in [0, 0.05) is 33.2 Å². The van der Waals surface area contributed by atoms with E-state index in [1.165, 1.54) is 6.54 Å². The molecule has 0 saturated heterocycles. The van der Waals surface area contributed by atoms with Crippen molar-refractivity contribution in [1.29, 1.82) is 0 Å². The normalized spacial score (nSPS) is 13.8. The van der Waals surface area contributed by atoms with Crippen LogP contribution in [0.3, 0.4) is 0 Å². The standard InChI is InChI=1S/C8H27NSi4.C8H19N/c1-7(2)9(8(3)4)5-6-11-13-12-10;1-6-9(7(2)3)8(4)5/h7-8H,5-6,11-13H2,1-4,10H3;7-8H,6H2,1-5H3. The van der Waals surface area contributed by atoms with Gasteiger partial charge in [-0.15, -0.1) is 0 Å². The van der Waals surface area contributed by atoms with Gasteiger partial charge in [0.2, 0.25) is 0 Å². The molecule has 0 aliphatic rings. The predicted molar refractivity (Wildman–Crippen MR) is 120 cm³/mol. The van der Waals surface area contributed by atoms with E-state index in [1.54, 1.807) is 15.8 Å². The maximum absolute atomic E-state index is 2.66. The average molecular weight is 379 g/mol. The lowest BCUT2D eigenvalue weighted by molar-refractivity contribution is 0.185. The van der Waals surface area contributed by atoms with Gasteiger partial charge in [0.25, 0.3) is 0 Å². The molecule has 0 aromatic carbocycles. The smallest absolute Gasteiger partial charge is 0.00625 e. The van der Waals surface area contributed by atoms with E-state index in [4.69, 9.17) is 0 Å². The summed E-state index contributed by atoms with van der Waals surface area (Å²) >= 11 is 0. The summed E-state index contributed by atoms with van der Waals surface area (Å²) < 4.78 is 0. The molecule has 0 fully saturated rings. The number of nitrogens with zero attached hydrogens (tertiary/aromatic N) is 2. The fraction of sp³-hybridized carbons (Fsp3) is 1.00. The van der Waals surface area contributed by atoms with Crippen molar-refractivity contribution in [2.24, 2.45) is 0 Å². The van der Waals surface area contributed by atoms with Gasteiger partial charge in [0.1, 0.15) is 0 Å². The minimum atomic E-state index is 0.498. The van der Waals surface area contributed by atoms with E-state index in [-0.39, 0.29) is 0 Å². The van der Waals surface area contributed by atoms with Crippen molar-refractivity contribution in [2.45, 2.75) is 92.5 Å². The van der Waals surface area contributed by atoms with Gasteiger partial charge in [-0.25, -0.2) is 0 Å². The molecule has 0 radical (unpaired) electrons. The lowest BCUT2D eigenvalue weighted by Crippen LogP contribution is -2.38. The molecule has 0 unspecified atom stereocenters. The number of hydrogen-bond donors (Lipinski definition) is 0. The van der Waals surface area contributed by atoms with Crippen LogP contribution >= 0.6 is 0 Å². The molecule has 0 heterocycles. The third kappa shape index (κ3) is 13.2. The van der Waals surface area contributed by atoms with Crippen molar-refractivity contribution in [3.8, 4) is 0 Å². The Hall–Kier alpha value is 0.788. The van der Waals surface area contributed by atoms with E-state index >= 15 is 0 Å².